The van der Waals surface area contributed by atoms with Crippen LogP contribution in [0.1, 0.15) is 20.3 Å². The molecule has 0 aromatic rings. The Morgan fingerprint density at radius 3 is 2.64 bits per heavy atom. The molecule has 1 aliphatic carbocycles. The van der Waals surface area contributed by atoms with E-state index in [1.165, 1.54) is 6.42 Å². The summed E-state index contributed by atoms with van der Waals surface area (Å²) in [6, 6.07) is 0.208. The summed E-state index contributed by atoms with van der Waals surface area (Å²) in [7, 11) is 0. The van der Waals surface area contributed by atoms with Gasteiger partial charge in [0.1, 0.15) is 0 Å². The number of rotatable bonds is 2. The summed E-state index contributed by atoms with van der Waals surface area (Å²) in [5.41, 5.74) is 0. The lowest BCUT2D eigenvalue weighted by Gasteiger charge is -2.13. The average Bonchev–Trinajstić information content (AvgIpc) is 2.62. The molecule has 1 saturated carbocycles. The number of ketones is 1. The van der Waals surface area contributed by atoms with E-state index in [9.17, 15) is 4.79 Å². The van der Waals surface area contributed by atoms with Crippen LogP contribution in [0.25, 0.3) is 0 Å². The molecule has 2 rings (SSSR count). The second-order valence-electron chi connectivity index (χ2n) is 4.10. The zero-order valence-corrected chi connectivity index (χ0v) is 7.13. The Morgan fingerprint density at radius 1 is 1.55 bits per heavy atom. The van der Waals surface area contributed by atoms with E-state index in [-0.39, 0.29) is 12.0 Å². The van der Waals surface area contributed by atoms with Gasteiger partial charge >= 0.3 is 0 Å². The van der Waals surface area contributed by atoms with Gasteiger partial charge in [-0.05, 0) is 24.8 Å². The van der Waals surface area contributed by atoms with E-state index in [0.717, 1.165) is 12.5 Å². The molecular formula is C9H15NO. The first-order valence-electron chi connectivity index (χ1n) is 4.47. The van der Waals surface area contributed by atoms with Crippen molar-refractivity contribution in [3.8, 4) is 0 Å². The quantitative estimate of drug-likeness (QED) is 0.636. The summed E-state index contributed by atoms with van der Waals surface area (Å²) >= 11 is 0. The van der Waals surface area contributed by atoms with E-state index < -0.39 is 0 Å². The Kier molecular flexibility index (Phi) is 1.53. The van der Waals surface area contributed by atoms with Crippen LogP contribution in [0.3, 0.4) is 0 Å². The predicted molar refractivity (Wildman–Crippen MR) is 43.2 cm³/mol. The fourth-order valence-electron chi connectivity index (χ4n) is 2.01. The number of piperidine rings is 1. The van der Waals surface area contributed by atoms with Gasteiger partial charge in [-0.15, -0.1) is 0 Å². The summed E-state index contributed by atoms with van der Waals surface area (Å²) in [6.45, 7) is 5.05. The molecule has 2 fully saturated rings. The van der Waals surface area contributed by atoms with Gasteiger partial charge < -0.3 is 5.32 Å². The second kappa shape index (κ2) is 2.31. The van der Waals surface area contributed by atoms with Crippen molar-refractivity contribution in [2.75, 3.05) is 6.54 Å². The summed E-state index contributed by atoms with van der Waals surface area (Å²) in [6.07, 6.45) is 1.29. The van der Waals surface area contributed by atoms with Crippen molar-refractivity contribution in [2.24, 2.45) is 17.8 Å². The summed E-state index contributed by atoms with van der Waals surface area (Å²) in [5.74, 6) is 2.15. The van der Waals surface area contributed by atoms with Crippen LogP contribution in [0.15, 0.2) is 0 Å². The van der Waals surface area contributed by atoms with Gasteiger partial charge in [-0.2, -0.15) is 0 Å². The van der Waals surface area contributed by atoms with E-state index in [2.05, 4.69) is 5.32 Å². The first kappa shape index (κ1) is 7.29. The van der Waals surface area contributed by atoms with Gasteiger partial charge in [0, 0.05) is 5.92 Å². The fourth-order valence-corrected chi connectivity index (χ4v) is 2.01. The van der Waals surface area contributed by atoms with Gasteiger partial charge in [0.2, 0.25) is 0 Å². The molecule has 0 bridgehead atoms. The number of carbonyl (C=O) groups is 1. The van der Waals surface area contributed by atoms with Crippen LogP contribution in [0, 0.1) is 17.8 Å². The van der Waals surface area contributed by atoms with Gasteiger partial charge in [0.15, 0.2) is 5.78 Å². The molecule has 1 heterocycles. The molecule has 2 heteroatoms. The minimum Gasteiger partial charge on any atom is -0.307 e. The second-order valence-corrected chi connectivity index (χ2v) is 4.10. The molecule has 2 aliphatic rings. The molecule has 1 N–H and O–H groups in total. The Bertz CT molecular complexity index is 188. The summed E-state index contributed by atoms with van der Waals surface area (Å²) in [5, 5.41) is 3.29. The molecule has 0 spiro atoms. The maximum atomic E-state index is 11.5. The van der Waals surface area contributed by atoms with Crippen LogP contribution in [0.2, 0.25) is 0 Å². The van der Waals surface area contributed by atoms with Gasteiger partial charge in [0.25, 0.3) is 0 Å². The lowest BCUT2D eigenvalue weighted by molar-refractivity contribution is -0.124. The largest absolute Gasteiger partial charge is 0.307 e. The van der Waals surface area contributed by atoms with Crippen molar-refractivity contribution in [3.63, 3.8) is 0 Å². The zero-order chi connectivity index (χ0) is 8.01. The fraction of sp³-hybridized carbons (Fsp3) is 0.889. The van der Waals surface area contributed by atoms with E-state index in [1.54, 1.807) is 0 Å². The Morgan fingerprint density at radius 2 is 2.27 bits per heavy atom. The highest BCUT2D eigenvalue weighted by molar-refractivity contribution is 5.86. The number of fused-ring (bicyclic) bond motifs is 1. The third kappa shape index (κ3) is 1.09. The molecule has 1 aliphatic heterocycles. The standard InChI is InChI=1S/C9H15NO/c1-5(2)9(11)8-7-3-6(7)4-10-8/h5-8,10H,3-4H2,1-2H3. The first-order chi connectivity index (χ1) is 5.20. The highest BCUT2D eigenvalue weighted by Gasteiger charge is 2.50. The number of Topliss-reactive ketones (excluding diaryl/α,β-unsaturated/α-hetero) is 1. The Labute approximate surface area is 67.4 Å². The molecule has 0 aromatic carbocycles. The molecule has 3 unspecified atom stereocenters. The molecule has 0 aromatic heterocycles. The monoisotopic (exact) mass is 153 g/mol. The zero-order valence-electron chi connectivity index (χ0n) is 7.13. The highest BCUT2D eigenvalue weighted by Crippen LogP contribution is 2.45. The van der Waals surface area contributed by atoms with Crippen molar-refractivity contribution in [1.82, 2.24) is 5.32 Å². The van der Waals surface area contributed by atoms with Crippen LogP contribution >= 0.6 is 0 Å². The molecule has 0 amide bonds. The van der Waals surface area contributed by atoms with Gasteiger partial charge in [-0.3, -0.25) is 4.79 Å². The van der Waals surface area contributed by atoms with Crippen LogP contribution in [0.5, 0.6) is 0 Å². The van der Waals surface area contributed by atoms with Gasteiger partial charge in [0.05, 0.1) is 6.04 Å². The molecular weight excluding hydrogens is 138 g/mol. The Balaban J connectivity index is 1.99. The average molecular weight is 153 g/mol. The van der Waals surface area contributed by atoms with Crippen LogP contribution in [0.4, 0.5) is 0 Å². The number of hydrogen-bond acceptors (Lipinski definition) is 2. The number of hydrogen-bond donors (Lipinski definition) is 1. The SMILES string of the molecule is CC(C)C(=O)C1NCC2CC21. The summed E-state index contributed by atoms with van der Waals surface area (Å²) in [4.78, 5) is 11.5. The molecule has 0 radical (unpaired) electrons. The van der Waals surface area contributed by atoms with Crippen molar-refractivity contribution < 1.29 is 4.79 Å². The normalized spacial score (nSPS) is 40.8. The van der Waals surface area contributed by atoms with E-state index in [4.69, 9.17) is 0 Å². The minimum atomic E-state index is 0.201. The smallest absolute Gasteiger partial charge is 0.152 e. The summed E-state index contributed by atoms with van der Waals surface area (Å²) < 4.78 is 0. The van der Waals surface area contributed by atoms with Crippen molar-refractivity contribution in [2.45, 2.75) is 26.3 Å². The molecule has 62 valence electrons. The van der Waals surface area contributed by atoms with E-state index in [1.807, 2.05) is 13.8 Å². The minimum absolute atomic E-state index is 0.201. The maximum Gasteiger partial charge on any atom is 0.152 e. The van der Waals surface area contributed by atoms with Gasteiger partial charge in [-0.1, -0.05) is 13.8 Å². The van der Waals surface area contributed by atoms with Crippen LogP contribution < -0.4 is 5.32 Å². The lowest BCUT2D eigenvalue weighted by atomic mass is 9.99. The topological polar surface area (TPSA) is 29.1 Å². The third-order valence-corrected chi connectivity index (χ3v) is 2.88. The van der Waals surface area contributed by atoms with Crippen molar-refractivity contribution >= 4 is 5.78 Å². The highest BCUT2D eigenvalue weighted by atomic mass is 16.1. The molecule has 11 heavy (non-hydrogen) atoms. The Hall–Kier alpha value is -0.370. The van der Waals surface area contributed by atoms with E-state index >= 15 is 0 Å². The van der Waals surface area contributed by atoms with E-state index in [0.29, 0.717) is 11.7 Å². The van der Waals surface area contributed by atoms with Crippen molar-refractivity contribution in [1.29, 1.82) is 0 Å². The van der Waals surface area contributed by atoms with Crippen molar-refractivity contribution in [3.05, 3.63) is 0 Å². The number of nitrogens with one attached hydrogen (secondary N) is 1. The van der Waals surface area contributed by atoms with Crippen LogP contribution in [-0.2, 0) is 4.79 Å². The maximum absolute atomic E-state index is 11.5. The molecule has 1 saturated heterocycles. The van der Waals surface area contributed by atoms with Crippen LogP contribution in [-0.4, -0.2) is 18.4 Å². The third-order valence-electron chi connectivity index (χ3n) is 2.88. The lowest BCUT2D eigenvalue weighted by Crippen LogP contribution is -2.37. The number of carbonyl (C=O) groups excluding carboxylic acids is 1. The predicted octanol–water partition coefficient (Wildman–Crippen LogP) is 0.819. The molecule has 2 nitrogen and oxygen atoms in total. The van der Waals surface area contributed by atoms with Gasteiger partial charge in [-0.25, -0.2) is 0 Å². The first-order valence-corrected chi connectivity index (χ1v) is 4.47. The molecule has 3 atom stereocenters.